The molecule has 2 aromatic rings. The maximum atomic E-state index is 13.3. The van der Waals surface area contributed by atoms with Gasteiger partial charge < -0.3 is 0 Å². The second-order valence-electron chi connectivity index (χ2n) is 7.11. The van der Waals surface area contributed by atoms with E-state index in [0.717, 1.165) is 15.4 Å². The zero-order chi connectivity index (χ0) is 19.4. The molecule has 0 aromatic heterocycles. The molecule has 3 aliphatic rings. The Kier molecular flexibility index (Phi) is 4.71. The largest absolute Gasteiger partial charge is 0.294 e. The molecule has 2 nitrogen and oxygen atoms in total. The van der Waals surface area contributed by atoms with E-state index < -0.39 is 0 Å². The van der Waals surface area contributed by atoms with Gasteiger partial charge >= 0.3 is 0 Å². The Hall–Kier alpha value is -1.46. The van der Waals surface area contributed by atoms with Crippen LogP contribution in [0, 0.1) is 11.8 Å². The van der Waals surface area contributed by atoms with Gasteiger partial charge in [0, 0.05) is 33.7 Å². The Bertz CT molecular complexity index is 960. The molecule has 2 aromatic carbocycles. The molecule has 2 aliphatic carbocycles. The zero-order valence-electron chi connectivity index (χ0n) is 14.5. The van der Waals surface area contributed by atoms with Crippen molar-refractivity contribution >= 4 is 58.3 Å². The number of hydrogen-bond acceptors (Lipinski definition) is 4. The smallest absolute Gasteiger partial charge is 0.172 e. The lowest BCUT2D eigenvalue weighted by molar-refractivity contribution is -0.127. The van der Waals surface area contributed by atoms with Crippen molar-refractivity contribution in [3.63, 3.8) is 0 Å². The quantitative estimate of drug-likeness (QED) is 0.395. The van der Waals surface area contributed by atoms with Crippen molar-refractivity contribution in [3.8, 4) is 0 Å². The molecule has 1 heterocycles. The van der Waals surface area contributed by atoms with Gasteiger partial charge in [0.1, 0.15) is 0 Å². The Morgan fingerprint density at radius 3 is 1.39 bits per heavy atom. The third-order valence-electron chi connectivity index (χ3n) is 5.77. The average molecular weight is 445 g/mol. The third-order valence-corrected chi connectivity index (χ3v) is 8.40. The predicted molar refractivity (Wildman–Crippen MR) is 117 cm³/mol. The molecule has 140 valence electrons. The first-order chi connectivity index (χ1) is 13.6. The number of allylic oxidation sites excluding steroid dienone is 1. The van der Waals surface area contributed by atoms with Crippen LogP contribution in [0.2, 0.25) is 10.0 Å². The lowest BCUT2D eigenvalue weighted by atomic mass is 9.53. The Morgan fingerprint density at radius 2 is 1.00 bits per heavy atom. The van der Waals surface area contributed by atoms with Crippen LogP contribution in [0.4, 0.5) is 0 Å². The molecule has 4 atom stereocenters. The van der Waals surface area contributed by atoms with Crippen LogP contribution in [0.3, 0.4) is 0 Å². The number of Topliss-reactive ketones (excluding diaryl/α,β-unsaturated/α-hetero) is 2. The first-order valence-electron chi connectivity index (χ1n) is 8.88. The molecule has 0 saturated heterocycles. The van der Waals surface area contributed by atoms with Gasteiger partial charge in [-0.05, 0) is 46.2 Å². The highest BCUT2D eigenvalue weighted by Gasteiger charge is 2.64. The van der Waals surface area contributed by atoms with E-state index in [9.17, 15) is 9.59 Å². The van der Waals surface area contributed by atoms with Gasteiger partial charge in [0.15, 0.2) is 11.6 Å². The van der Waals surface area contributed by atoms with Crippen molar-refractivity contribution in [2.45, 2.75) is 11.8 Å². The van der Waals surface area contributed by atoms with Crippen LogP contribution in [0.1, 0.15) is 23.0 Å². The Morgan fingerprint density at radius 1 is 0.607 bits per heavy atom. The molecule has 0 radical (unpaired) electrons. The Balaban J connectivity index is 1.61. The number of benzene rings is 2. The highest BCUT2D eigenvalue weighted by Crippen LogP contribution is 2.64. The number of carbonyl (C=O) groups is 2. The zero-order valence-corrected chi connectivity index (χ0v) is 17.6. The maximum Gasteiger partial charge on any atom is 0.172 e. The van der Waals surface area contributed by atoms with E-state index in [1.54, 1.807) is 0 Å². The van der Waals surface area contributed by atoms with Crippen molar-refractivity contribution in [1.29, 1.82) is 0 Å². The summed E-state index contributed by atoms with van der Waals surface area (Å²) in [5.74, 6) is -0.722. The average Bonchev–Trinajstić information content (AvgIpc) is 3.24. The molecule has 0 spiro atoms. The van der Waals surface area contributed by atoms with Crippen LogP contribution in [-0.4, -0.2) is 11.6 Å². The number of carbonyl (C=O) groups excluding carboxylic acids is 2. The van der Waals surface area contributed by atoms with Gasteiger partial charge in [-0.25, -0.2) is 0 Å². The molecule has 2 fully saturated rings. The highest BCUT2D eigenvalue weighted by atomic mass is 35.5. The summed E-state index contributed by atoms with van der Waals surface area (Å²) in [6.07, 6.45) is 0. The molecule has 0 N–H and O–H groups in total. The normalized spacial score (nSPS) is 28.6. The minimum absolute atomic E-state index is 0.0149. The van der Waals surface area contributed by atoms with Crippen LogP contribution in [0.5, 0.6) is 0 Å². The van der Waals surface area contributed by atoms with Crippen LogP contribution in [-0.2, 0) is 9.59 Å². The number of hydrogen-bond donors (Lipinski definition) is 0. The van der Waals surface area contributed by atoms with E-state index in [1.165, 1.54) is 23.5 Å². The molecule has 0 unspecified atom stereocenters. The molecular formula is C22H14Cl2O2S2. The fourth-order valence-corrected chi connectivity index (χ4v) is 6.72. The summed E-state index contributed by atoms with van der Waals surface area (Å²) in [6.45, 7) is 0. The molecule has 0 amide bonds. The molecule has 28 heavy (non-hydrogen) atoms. The van der Waals surface area contributed by atoms with Gasteiger partial charge in [-0.15, -0.1) is 0 Å². The van der Waals surface area contributed by atoms with Gasteiger partial charge in [0.25, 0.3) is 0 Å². The number of ketones is 2. The standard InChI is InChI=1S/C22H14Cl2O2S2/c23-13-5-1-11(2-6-13)15-16(12-3-7-14(24)8-4-12)18-17(15)20(25)19(21(18)26)22-27-9-10-28-22/h1-10,15-18H/t15-,16+,17+,18-. The van der Waals surface area contributed by atoms with Crippen molar-refractivity contribution in [2.24, 2.45) is 11.8 Å². The summed E-state index contributed by atoms with van der Waals surface area (Å²) in [4.78, 5) is 26.5. The summed E-state index contributed by atoms with van der Waals surface area (Å²) in [5, 5.41) is 5.15. The van der Waals surface area contributed by atoms with Crippen molar-refractivity contribution in [1.82, 2.24) is 0 Å². The minimum Gasteiger partial charge on any atom is -0.294 e. The van der Waals surface area contributed by atoms with Gasteiger partial charge in [-0.3, -0.25) is 9.59 Å². The van der Waals surface area contributed by atoms with Gasteiger partial charge in [-0.1, -0.05) is 71.0 Å². The minimum atomic E-state index is -0.307. The van der Waals surface area contributed by atoms with E-state index >= 15 is 0 Å². The van der Waals surface area contributed by atoms with Crippen molar-refractivity contribution in [3.05, 3.63) is 90.3 Å². The fourth-order valence-electron chi connectivity index (χ4n) is 4.58. The fraction of sp³-hybridized carbons (Fsp3) is 0.182. The van der Waals surface area contributed by atoms with E-state index in [4.69, 9.17) is 23.2 Å². The lowest BCUT2D eigenvalue weighted by Gasteiger charge is -2.47. The van der Waals surface area contributed by atoms with Crippen molar-refractivity contribution in [2.75, 3.05) is 0 Å². The van der Waals surface area contributed by atoms with Crippen LogP contribution in [0.15, 0.2) is 69.2 Å². The SMILES string of the molecule is O=C1C(=C2SC=CS2)C(=O)[C@H]2[C@@H]1[C@H](c1ccc(Cl)cc1)[C@@H]2c1ccc(Cl)cc1. The van der Waals surface area contributed by atoms with Gasteiger partial charge in [-0.2, -0.15) is 0 Å². The Labute approximate surface area is 181 Å². The number of rotatable bonds is 2. The second-order valence-corrected chi connectivity index (χ2v) is 10.1. The second kappa shape index (κ2) is 7.10. The maximum absolute atomic E-state index is 13.3. The molecule has 1 aliphatic heterocycles. The third kappa shape index (κ3) is 2.81. The van der Waals surface area contributed by atoms with Crippen LogP contribution in [0.25, 0.3) is 0 Å². The summed E-state index contributed by atoms with van der Waals surface area (Å²) >= 11 is 15.1. The van der Waals surface area contributed by atoms with Gasteiger partial charge in [0.05, 0.1) is 9.81 Å². The van der Waals surface area contributed by atoms with E-state index in [-0.39, 0.29) is 35.2 Å². The molecule has 0 bridgehead atoms. The van der Waals surface area contributed by atoms with Crippen molar-refractivity contribution < 1.29 is 9.59 Å². The highest BCUT2D eigenvalue weighted by molar-refractivity contribution is 8.27. The van der Waals surface area contributed by atoms with Crippen LogP contribution >= 0.6 is 46.7 Å². The van der Waals surface area contributed by atoms with E-state index in [0.29, 0.717) is 15.6 Å². The molecular weight excluding hydrogens is 431 g/mol. The molecule has 6 heteroatoms. The first kappa shape index (κ1) is 18.6. The monoisotopic (exact) mass is 444 g/mol. The summed E-state index contributed by atoms with van der Waals surface area (Å²) in [7, 11) is 0. The van der Waals surface area contributed by atoms with E-state index in [2.05, 4.69) is 0 Å². The molecule has 2 saturated carbocycles. The number of fused-ring (bicyclic) bond motifs is 1. The number of halogens is 2. The summed E-state index contributed by atoms with van der Waals surface area (Å²) in [5.41, 5.74) is 2.48. The predicted octanol–water partition coefficient (Wildman–Crippen LogP) is 6.42. The number of thioether (sulfide) groups is 2. The topological polar surface area (TPSA) is 34.1 Å². The lowest BCUT2D eigenvalue weighted by Crippen LogP contribution is -2.45. The summed E-state index contributed by atoms with van der Waals surface area (Å²) < 4.78 is 0.814. The first-order valence-corrected chi connectivity index (χ1v) is 11.4. The molecule has 5 rings (SSSR count). The van der Waals surface area contributed by atoms with E-state index in [1.807, 2.05) is 59.3 Å². The van der Waals surface area contributed by atoms with Gasteiger partial charge in [0.2, 0.25) is 0 Å². The summed E-state index contributed by atoms with van der Waals surface area (Å²) in [6, 6.07) is 15.2. The van der Waals surface area contributed by atoms with Crippen LogP contribution < -0.4 is 0 Å².